The van der Waals surface area contributed by atoms with Crippen LogP contribution in [0, 0.1) is 19.8 Å². The highest BCUT2D eigenvalue weighted by Gasteiger charge is 2.28. The summed E-state index contributed by atoms with van der Waals surface area (Å²) in [6, 6.07) is 13.6. The molecule has 0 aliphatic carbocycles. The Hall–Kier alpha value is -2.34. The first kappa shape index (κ1) is 20.0. The molecule has 0 spiro atoms. The van der Waals surface area contributed by atoms with Crippen molar-refractivity contribution < 1.29 is 13.2 Å². The maximum absolute atomic E-state index is 13.2. The molecule has 0 saturated heterocycles. The summed E-state index contributed by atoms with van der Waals surface area (Å²) in [6.45, 7) is 8.02. The lowest BCUT2D eigenvalue weighted by atomic mass is 10.1. The first-order valence-corrected chi connectivity index (χ1v) is 10.1. The molecular formula is C20H26N2O3S. The van der Waals surface area contributed by atoms with E-state index in [1.54, 1.807) is 42.5 Å². The summed E-state index contributed by atoms with van der Waals surface area (Å²) in [5.74, 6) is -0.0297. The number of hydrogen-bond donors (Lipinski definition) is 1. The van der Waals surface area contributed by atoms with Crippen molar-refractivity contribution in [3.63, 3.8) is 0 Å². The number of benzene rings is 2. The number of nitrogens with zero attached hydrogens (tertiary/aromatic N) is 1. The summed E-state index contributed by atoms with van der Waals surface area (Å²) >= 11 is 0. The zero-order valence-corrected chi connectivity index (χ0v) is 16.5. The molecule has 5 nitrogen and oxygen atoms in total. The zero-order valence-electron chi connectivity index (χ0n) is 15.7. The standard InChI is InChI=1S/C20H26N2O3S/c1-15(2)13-21-20(23)14-22(19-12-8-9-16(3)17(19)4)26(24,25)18-10-6-5-7-11-18/h5-12,15H,13-14H2,1-4H3,(H,21,23). The second-order valence-electron chi connectivity index (χ2n) is 6.74. The molecule has 2 aromatic carbocycles. The first-order chi connectivity index (χ1) is 12.2. The topological polar surface area (TPSA) is 66.5 Å². The van der Waals surface area contributed by atoms with Gasteiger partial charge in [0, 0.05) is 6.54 Å². The number of amides is 1. The fourth-order valence-corrected chi connectivity index (χ4v) is 4.03. The van der Waals surface area contributed by atoms with Crippen LogP contribution < -0.4 is 9.62 Å². The maximum Gasteiger partial charge on any atom is 0.264 e. The number of carbonyl (C=O) groups is 1. The number of hydrogen-bond acceptors (Lipinski definition) is 3. The van der Waals surface area contributed by atoms with E-state index in [1.165, 1.54) is 4.31 Å². The SMILES string of the molecule is Cc1cccc(N(CC(=O)NCC(C)C)S(=O)(=O)c2ccccc2)c1C. The highest BCUT2D eigenvalue weighted by Crippen LogP contribution is 2.28. The molecule has 0 aliphatic rings. The van der Waals surface area contributed by atoms with Gasteiger partial charge in [-0.05, 0) is 49.1 Å². The molecule has 0 bridgehead atoms. The summed E-state index contributed by atoms with van der Waals surface area (Å²) in [6.07, 6.45) is 0. The van der Waals surface area contributed by atoms with Crippen LogP contribution in [0.1, 0.15) is 25.0 Å². The van der Waals surface area contributed by atoms with Crippen molar-refractivity contribution in [2.75, 3.05) is 17.4 Å². The number of carbonyl (C=O) groups excluding carboxylic acids is 1. The minimum absolute atomic E-state index is 0.164. The zero-order chi connectivity index (χ0) is 19.3. The lowest BCUT2D eigenvalue weighted by Crippen LogP contribution is -2.42. The van der Waals surface area contributed by atoms with E-state index in [2.05, 4.69) is 5.32 Å². The Morgan fingerprint density at radius 2 is 1.69 bits per heavy atom. The third kappa shape index (κ3) is 4.64. The van der Waals surface area contributed by atoms with Crippen LogP contribution in [0.25, 0.3) is 0 Å². The summed E-state index contributed by atoms with van der Waals surface area (Å²) in [7, 11) is -3.85. The third-order valence-corrected chi connectivity index (χ3v) is 5.94. The van der Waals surface area contributed by atoms with Gasteiger partial charge < -0.3 is 5.32 Å². The van der Waals surface area contributed by atoms with Gasteiger partial charge in [0.2, 0.25) is 5.91 Å². The minimum Gasteiger partial charge on any atom is -0.354 e. The molecule has 2 aromatic rings. The van der Waals surface area contributed by atoms with E-state index in [0.717, 1.165) is 11.1 Å². The lowest BCUT2D eigenvalue weighted by molar-refractivity contribution is -0.119. The number of nitrogens with one attached hydrogen (secondary N) is 1. The van der Waals surface area contributed by atoms with Crippen molar-refractivity contribution in [1.29, 1.82) is 0 Å². The molecule has 6 heteroatoms. The van der Waals surface area contributed by atoms with Gasteiger partial charge in [-0.25, -0.2) is 8.42 Å². The second kappa shape index (κ2) is 8.36. The summed E-state index contributed by atoms with van der Waals surface area (Å²) < 4.78 is 27.6. The van der Waals surface area contributed by atoms with E-state index < -0.39 is 10.0 Å². The average molecular weight is 375 g/mol. The van der Waals surface area contributed by atoms with Gasteiger partial charge in [0.15, 0.2) is 0 Å². The van der Waals surface area contributed by atoms with Crippen molar-refractivity contribution >= 4 is 21.6 Å². The fourth-order valence-electron chi connectivity index (χ4n) is 2.53. The van der Waals surface area contributed by atoms with Gasteiger partial charge >= 0.3 is 0 Å². The van der Waals surface area contributed by atoms with Gasteiger partial charge in [-0.1, -0.05) is 44.2 Å². The molecule has 0 aromatic heterocycles. The Morgan fingerprint density at radius 1 is 1.04 bits per heavy atom. The number of anilines is 1. The average Bonchev–Trinajstić information content (AvgIpc) is 2.61. The lowest BCUT2D eigenvalue weighted by Gasteiger charge is -2.26. The molecule has 2 rings (SSSR count). The fraction of sp³-hybridized carbons (Fsp3) is 0.350. The molecule has 0 saturated carbocycles. The highest BCUT2D eigenvalue weighted by molar-refractivity contribution is 7.92. The van der Waals surface area contributed by atoms with Crippen LogP contribution in [0.3, 0.4) is 0 Å². The Balaban J connectivity index is 2.45. The van der Waals surface area contributed by atoms with Crippen molar-refractivity contribution in [3.8, 4) is 0 Å². The van der Waals surface area contributed by atoms with Crippen LogP contribution in [0.2, 0.25) is 0 Å². The van der Waals surface area contributed by atoms with Gasteiger partial charge in [0.25, 0.3) is 10.0 Å². The molecule has 0 fully saturated rings. The van der Waals surface area contributed by atoms with Crippen LogP contribution in [0.4, 0.5) is 5.69 Å². The van der Waals surface area contributed by atoms with Gasteiger partial charge in [0.1, 0.15) is 6.54 Å². The van der Waals surface area contributed by atoms with Crippen molar-refractivity contribution in [3.05, 3.63) is 59.7 Å². The third-order valence-electron chi connectivity index (χ3n) is 4.17. The van der Waals surface area contributed by atoms with Crippen molar-refractivity contribution in [2.24, 2.45) is 5.92 Å². The predicted octanol–water partition coefficient (Wildman–Crippen LogP) is 3.27. The summed E-state index contributed by atoms with van der Waals surface area (Å²) in [4.78, 5) is 12.6. The normalized spacial score (nSPS) is 11.4. The molecule has 0 atom stereocenters. The van der Waals surface area contributed by atoms with Crippen molar-refractivity contribution in [2.45, 2.75) is 32.6 Å². The van der Waals surface area contributed by atoms with Crippen molar-refractivity contribution in [1.82, 2.24) is 5.32 Å². The molecule has 0 radical (unpaired) electrons. The van der Waals surface area contributed by atoms with Crippen LogP contribution >= 0.6 is 0 Å². The maximum atomic E-state index is 13.2. The Morgan fingerprint density at radius 3 is 2.31 bits per heavy atom. The van der Waals surface area contributed by atoms with Crippen LogP contribution in [0.5, 0.6) is 0 Å². The Labute approximate surface area is 156 Å². The van der Waals surface area contributed by atoms with Crippen LogP contribution in [0.15, 0.2) is 53.4 Å². The summed E-state index contributed by atoms with van der Waals surface area (Å²) in [5, 5.41) is 2.79. The summed E-state index contributed by atoms with van der Waals surface area (Å²) in [5.41, 5.74) is 2.33. The molecule has 140 valence electrons. The number of sulfonamides is 1. The molecule has 1 N–H and O–H groups in total. The van der Waals surface area contributed by atoms with E-state index in [1.807, 2.05) is 33.8 Å². The number of rotatable bonds is 7. The van der Waals surface area contributed by atoms with Crippen LogP contribution in [-0.4, -0.2) is 27.4 Å². The van der Waals surface area contributed by atoms with E-state index in [-0.39, 0.29) is 17.3 Å². The molecule has 0 aliphatic heterocycles. The molecular weight excluding hydrogens is 348 g/mol. The van der Waals surface area contributed by atoms with Gasteiger partial charge in [-0.15, -0.1) is 0 Å². The van der Waals surface area contributed by atoms with E-state index in [9.17, 15) is 13.2 Å². The van der Waals surface area contributed by atoms with Gasteiger partial charge in [-0.3, -0.25) is 9.10 Å². The first-order valence-electron chi connectivity index (χ1n) is 8.64. The van der Waals surface area contributed by atoms with E-state index in [0.29, 0.717) is 18.2 Å². The smallest absolute Gasteiger partial charge is 0.264 e. The van der Waals surface area contributed by atoms with Gasteiger partial charge in [-0.2, -0.15) is 0 Å². The van der Waals surface area contributed by atoms with E-state index >= 15 is 0 Å². The second-order valence-corrected chi connectivity index (χ2v) is 8.60. The Bertz CT molecular complexity index is 862. The largest absolute Gasteiger partial charge is 0.354 e. The van der Waals surface area contributed by atoms with Gasteiger partial charge in [0.05, 0.1) is 10.6 Å². The van der Waals surface area contributed by atoms with Crippen LogP contribution in [-0.2, 0) is 14.8 Å². The van der Waals surface area contributed by atoms with E-state index in [4.69, 9.17) is 0 Å². The highest BCUT2D eigenvalue weighted by atomic mass is 32.2. The predicted molar refractivity (Wildman–Crippen MR) is 105 cm³/mol. The Kier molecular flexibility index (Phi) is 6.42. The molecule has 26 heavy (non-hydrogen) atoms. The molecule has 0 unspecified atom stereocenters. The molecule has 1 amide bonds. The molecule has 0 heterocycles. The quantitative estimate of drug-likeness (QED) is 0.809. The minimum atomic E-state index is -3.85. The monoisotopic (exact) mass is 374 g/mol. The number of aryl methyl sites for hydroxylation is 1.